The predicted molar refractivity (Wildman–Crippen MR) is 88.7 cm³/mol. The summed E-state index contributed by atoms with van der Waals surface area (Å²) in [5.41, 5.74) is 1.28. The summed E-state index contributed by atoms with van der Waals surface area (Å²) in [5, 5.41) is 5.50. The fourth-order valence-electron chi connectivity index (χ4n) is 2.26. The highest BCUT2D eigenvalue weighted by Gasteiger charge is 2.25. The lowest BCUT2D eigenvalue weighted by Gasteiger charge is -2.28. The van der Waals surface area contributed by atoms with E-state index in [0.29, 0.717) is 36.8 Å². The maximum atomic E-state index is 12.0. The van der Waals surface area contributed by atoms with Crippen molar-refractivity contribution in [3.05, 3.63) is 24.3 Å². The number of anilines is 2. The summed E-state index contributed by atoms with van der Waals surface area (Å²) in [6, 6.07) is 6.62. The molecule has 2 rings (SSSR count). The Labute approximate surface area is 131 Å². The third-order valence-electron chi connectivity index (χ3n) is 3.43. The molecule has 0 unspecified atom stereocenters. The third kappa shape index (κ3) is 4.37. The largest absolute Gasteiger partial charge is 0.338 e. The number of nitrogens with one attached hydrogen (secondary N) is 2. The van der Waals surface area contributed by atoms with Crippen LogP contribution in [0.4, 0.5) is 16.2 Å². The minimum atomic E-state index is -3.20. The van der Waals surface area contributed by atoms with Gasteiger partial charge >= 0.3 is 6.03 Å². The number of carbonyl (C=O) groups is 1. The van der Waals surface area contributed by atoms with Crippen molar-refractivity contribution < 1.29 is 13.2 Å². The van der Waals surface area contributed by atoms with E-state index >= 15 is 0 Å². The van der Waals surface area contributed by atoms with Gasteiger partial charge in [0.2, 0.25) is 10.0 Å². The zero-order valence-electron chi connectivity index (χ0n) is 13.0. The number of nitrogens with zero attached hydrogens (tertiary/aromatic N) is 1. The standard InChI is InChI=1S/C15H23N3O3S/c1-12(2)11-16-15(19)17-13-5-7-14(8-6-13)18-9-3-4-10-22(18,20)21/h5-8,12H,3-4,9-11H2,1-2H3,(H2,16,17,19). The molecular formula is C15H23N3O3S. The lowest BCUT2D eigenvalue weighted by Crippen LogP contribution is -2.37. The summed E-state index contributed by atoms with van der Waals surface area (Å²) in [4.78, 5) is 11.7. The van der Waals surface area contributed by atoms with Gasteiger partial charge in [-0.1, -0.05) is 13.8 Å². The molecule has 0 aromatic heterocycles. The molecule has 22 heavy (non-hydrogen) atoms. The van der Waals surface area contributed by atoms with Gasteiger partial charge in [-0.3, -0.25) is 4.31 Å². The average molecular weight is 325 g/mol. The second kappa shape index (κ2) is 7.00. The van der Waals surface area contributed by atoms with Gasteiger partial charge in [0.05, 0.1) is 11.4 Å². The van der Waals surface area contributed by atoms with E-state index in [9.17, 15) is 13.2 Å². The Morgan fingerprint density at radius 3 is 2.50 bits per heavy atom. The molecular weight excluding hydrogens is 302 g/mol. The van der Waals surface area contributed by atoms with Gasteiger partial charge in [0.15, 0.2) is 0 Å². The number of hydrogen-bond donors (Lipinski definition) is 2. The molecule has 1 saturated heterocycles. The van der Waals surface area contributed by atoms with Crippen LogP contribution in [-0.2, 0) is 10.0 Å². The van der Waals surface area contributed by atoms with Gasteiger partial charge in [0.25, 0.3) is 0 Å². The van der Waals surface area contributed by atoms with E-state index in [2.05, 4.69) is 10.6 Å². The molecule has 122 valence electrons. The van der Waals surface area contributed by atoms with Gasteiger partial charge in [-0.2, -0.15) is 0 Å². The minimum absolute atomic E-state index is 0.199. The first-order valence-electron chi connectivity index (χ1n) is 7.54. The number of amides is 2. The maximum Gasteiger partial charge on any atom is 0.319 e. The summed E-state index contributed by atoms with van der Waals surface area (Å²) < 4.78 is 25.5. The van der Waals surface area contributed by atoms with Crippen molar-refractivity contribution in [1.82, 2.24) is 5.32 Å². The molecule has 2 N–H and O–H groups in total. The Kier molecular flexibility index (Phi) is 5.28. The molecule has 0 saturated carbocycles. The van der Waals surface area contributed by atoms with E-state index in [0.717, 1.165) is 6.42 Å². The van der Waals surface area contributed by atoms with Gasteiger partial charge < -0.3 is 10.6 Å². The SMILES string of the molecule is CC(C)CNC(=O)Nc1ccc(N2CCCCS2(=O)=O)cc1. The Bertz CT molecular complexity index is 611. The van der Waals surface area contributed by atoms with Gasteiger partial charge in [-0.25, -0.2) is 13.2 Å². The average Bonchev–Trinajstić information content (AvgIpc) is 2.46. The Hall–Kier alpha value is -1.76. The van der Waals surface area contributed by atoms with Crippen LogP contribution in [0.25, 0.3) is 0 Å². The van der Waals surface area contributed by atoms with Crippen LogP contribution in [0.2, 0.25) is 0 Å². The van der Waals surface area contributed by atoms with E-state index in [-0.39, 0.29) is 11.8 Å². The number of urea groups is 1. The van der Waals surface area contributed by atoms with E-state index in [1.807, 2.05) is 13.8 Å². The van der Waals surface area contributed by atoms with Gasteiger partial charge in [-0.15, -0.1) is 0 Å². The zero-order chi connectivity index (χ0) is 16.2. The fraction of sp³-hybridized carbons (Fsp3) is 0.533. The number of benzene rings is 1. The van der Waals surface area contributed by atoms with Crippen molar-refractivity contribution in [2.75, 3.05) is 28.5 Å². The summed E-state index contributed by atoms with van der Waals surface area (Å²) >= 11 is 0. The molecule has 0 bridgehead atoms. The molecule has 2 amide bonds. The highest BCUT2D eigenvalue weighted by atomic mass is 32.2. The highest BCUT2D eigenvalue weighted by molar-refractivity contribution is 7.92. The first-order valence-corrected chi connectivity index (χ1v) is 9.15. The third-order valence-corrected chi connectivity index (χ3v) is 5.30. The molecule has 1 heterocycles. The predicted octanol–water partition coefficient (Wildman–Crippen LogP) is 2.39. The molecule has 1 aromatic rings. The molecule has 6 nitrogen and oxygen atoms in total. The molecule has 0 spiro atoms. The van der Waals surface area contributed by atoms with Crippen LogP contribution in [0.5, 0.6) is 0 Å². The number of carbonyl (C=O) groups excluding carboxylic acids is 1. The minimum Gasteiger partial charge on any atom is -0.338 e. The highest BCUT2D eigenvalue weighted by Crippen LogP contribution is 2.24. The van der Waals surface area contributed by atoms with Crippen molar-refractivity contribution in [3.63, 3.8) is 0 Å². The molecule has 0 radical (unpaired) electrons. The van der Waals surface area contributed by atoms with E-state index in [1.165, 1.54) is 4.31 Å². The molecule has 7 heteroatoms. The van der Waals surface area contributed by atoms with Crippen LogP contribution >= 0.6 is 0 Å². The van der Waals surface area contributed by atoms with Gasteiger partial charge in [0, 0.05) is 18.8 Å². The molecule has 1 aliphatic heterocycles. The van der Waals surface area contributed by atoms with Crippen molar-refractivity contribution in [3.8, 4) is 0 Å². The lowest BCUT2D eigenvalue weighted by molar-refractivity contribution is 0.251. The lowest BCUT2D eigenvalue weighted by atomic mass is 10.2. The van der Waals surface area contributed by atoms with Crippen molar-refractivity contribution in [2.45, 2.75) is 26.7 Å². The van der Waals surface area contributed by atoms with Crippen LogP contribution in [0.3, 0.4) is 0 Å². The van der Waals surface area contributed by atoms with Crippen molar-refractivity contribution in [2.24, 2.45) is 5.92 Å². The number of hydrogen-bond acceptors (Lipinski definition) is 3. The topological polar surface area (TPSA) is 78.5 Å². The number of sulfonamides is 1. The molecule has 0 atom stereocenters. The molecule has 1 aliphatic rings. The molecule has 1 aromatic carbocycles. The van der Waals surface area contributed by atoms with Gasteiger partial charge in [0.1, 0.15) is 0 Å². The zero-order valence-corrected chi connectivity index (χ0v) is 13.8. The summed E-state index contributed by atoms with van der Waals surface area (Å²) in [6.07, 6.45) is 1.59. The fourth-order valence-corrected chi connectivity index (χ4v) is 3.90. The van der Waals surface area contributed by atoms with Crippen molar-refractivity contribution in [1.29, 1.82) is 0 Å². The van der Waals surface area contributed by atoms with Gasteiger partial charge in [-0.05, 0) is 43.0 Å². The van der Waals surface area contributed by atoms with Crippen LogP contribution in [0, 0.1) is 5.92 Å². The van der Waals surface area contributed by atoms with E-state index < -0.39 is 10.0 Å². The summed E-state index contributed by atoms with van der Waals surface area (Å²) in [7, 11) is -3.20. The Morgan fingerprint density at radius 1 is 1.23 bits per heavy atom. The second-order valence-electron chi connectivity index (χ2n) is 5.87. The van der Waals surface area contributed by atoms with Crippen LogP contribution < -0.4 is 14.9 Å². The summed E-state index contributed by atoms with van der Waals surface area (Å²) in [6.45, 7) is 5.17. The maximum absolute atomic E-state index is 12.0. The monoisotopic (exact) mass is 325 g/mol. The number of rotatable bonds is 4. The molecule has 0 aliphatic carbocycles. The van der Waals surface area contributed by atoms with Crippen LogP contribution in [0.15, 0.2) is 24.3 Å². The Morgan fingerprint density at radius 2 is 1.91 bits per heavy atom. The van der Waals surface area contributed by atoms with E-state index in [4.69, 9.17) is 0 Å². The van der Waals surface area contributed by atoms with Crippen LogP contribution in [0.1, 0.15) is 26.7 Å². The first-order chi connectivity index (χ1) is 10.4. The normalized spacial score (nSPS) is 17.3. The molecule has 1 fully saturated rings. The summed E-state index contributed by atoms with van der Waals surface area (Å²) in [5.74, 6) is 0.586. The Balaban J connectivity index is 2.00. The smallest absolute Gasteiger partial charge is 0.319 e. The van der Waals surface area contributed by atoms with Crippen molar-refractivity contribution >= 4 is 27.4 Å². The quantitative estimate of drug-likeness (QED) is 0.892. The first kappa shape index (κ1) is 16.6. The second-order valence-corrected chi connectivity index (χ2v) is 7.88. The van der Waals surface area contributed by atoms with E-state index in [1.54, 1.807) is 24.3 Å². The van der Waals surface area contributed by atoms with Crippen LogP contribution in [-0.4, -0.2) is 33.3 Å².